The van der Waals surface area contributed by atoms with Gasteiger partial charge < -0.3 is 14.5 Å². The lowest BCUT2D eigenvalue weighted by atomic mass is 9.99. The van der Waals surface area contributed by atoms with E-state index in [-0.39, 0.29) is 30.0 Å². The molecule has 2 heterocycles. The van der Waals surface area contributed by atoms with Gasteiger partial charge in [-0.05, 0) is 11.8 Å². The van der Waals surface area contributed by atoms with Crippen LogP contribution < -0.4 is 0 Å². The molecule has 1 N–H and O–H groups in total. The van der Waals surface area contributed by atoms with Crippen molar-refractivity contribution in [2.45, 2.75) is 26.7 Å². The molecule has 104 valence electrons. The number of hydrogen-bond donors (Lipinski definition) is 1. The minimum absolute atomic E-state index is 0.0473. The van der Waals surface area contributed by atoms with E-state index in [2.05, 4.69) is 5.16 Å². The summed E-state index contributed by atoms with van der Waals surface area (Å²) in [6, 6.07) is 1.63. The Bertz CT molecular complexity index is 495. The maximum absolute atomic E-state index is 12.2. The summed E-state index contributed by atoms with van der Waals surface area (Å²) < 4.78 is 5.04. The largest absolute Gasteiger partial charge is 0.481 e. The smallest absolute Gasteiger partial charge is 0.308 e. The fraction of sp³-hybridized carbons (Fsp3) is 0.615. The van der Waals surface area contributed by atoms with Crippen molar-refractivity contribution < 1.29 is 19.2 Å². The molecule has 1 aliphatic heterocycles. The third kappa shape index (κ3) is 2.62. The van der Waals surface area contributed by atoms with Gasteiger partial charge in [0, 0.05) is 19.2 Å². The van der Waals surface area contributed by atoms with E-state index < -0.39 is 11.9 Å². The molecule has 1 saturated heterocycles. The van der Waals surface area contributed by atoms with Gasteiger partial charge in [0.05, 0.1) is 11.6 Å². The summed E-state index contributed by atoms with van der Waals surface area (Å²) in [4.78, 5) is 24.8. The van der Waals surface area contributed by atoms with E-state index in [0.717, 1.165) is 5.69 Å². The summed E-state index contributed by atoms with van der Waals surface area (Å²) in [5.41, 5.74) is 0.727. The Balaban J connectivity index is 2.10. The van der Waals surface area contributed by atoms with Crippen LogP contribution in [-0.2, 0) is 4.79 Å². The molecular formula is C13H18N2O4. The highest BCUT2D eigenvalue weighted by molar-refractivity contribution is 5.92. The molecule has 0 bridgehead atoms. The van der Waals surface area contributed by atoms with Crippen LogP contribution in [0.1, 0.15) is 42.9 Å². The lowest BCUT2D eigenvalue weighted by Gasteiger charge is -2.13. The highest BCUT2D eigenvalue weighted by atomic mass is 16.5. The van der Waals surface area contributed by atoms with Crippen LogP contribution in [0.5, 0.6) is 0 Å². The number of hydrogen-bond acceptors (Lipinski definition) is 4. The van der Waals surface area contributed by atoms with Gasteiger partial charge in [0.15, 0.2) is 0 Å². The van der Waals surface area contributed by atoms with E-state index in [9.17, 15) is 9.59 Å². The van der Waals surface area contributed by atoms with Gasteiger partial charge in [-0.2, -0.15) is 0 Å². The van der Waals surface area contributed by atoms with Gasteiger partial charge in [-0.25, -0.2) is 0 Å². The average molecular weight is 266 g/mol. The molecule has 1 aliphatic rings. The Morgan fingerprint density at radius 1 is 1.47 bits per heavy atom. The molecule has 0 spiro atoms. The number of carboxylic acid groups (broad SMARTS) is 1. The number of aromatic nitrogens is 1. The van der Waals surface area contributed by atoms with Gasteiger partial charge in [0.25, 0.3) is 5.91 Å². The van der Waals surface area contributed by atoms with Gasteiger partial charge in [-0.1, -0.05) is 25.9 Å². The zero-order chi connectivity index (χ0) is 14.2. The number of carbonyl (C=O) groups excluding carboxylic acids is 1. The molecule has 1 aromatic rings. The third-order valence-corrected chi connectivity index (χ3v) is 3.55. The van der Waals surface area contributed by atoms with E-state index >= 15 is 0 Å². The maximum atomic E-state index is 12.2. The van der Waals surface area contributed by atoms with Gasteiger partial charge in [-0.3, -0.25) is 9.59 Å². The number of nitrogens with zero attached hydrogens (tertiary/aromatic N) is 2. The molecule has 1 aromatic heterocycles. The normalized spacial score (nSPS) is 23.1. The highest BCUT2D eigenvalue weighted by Crippen LogP contribution is 2.25. The van der Waals surface area contributed by atoms with Crippen LogP contribution in [0.2, 0.25) is 0 Å². The van der Waals surface area contributed by atoms with E-state index in [1.165, 1.54) is 4.90 Å². The van der Waals surface area contributed by atoms with Crippen molar-refractivity contribution in [3.05, 3.63) is 17.5 Å². The molecule has 6 nitrogen and oxygen atoms in total. The summed E-state index contributed by atoms with van der Waals surface area (Å²) >= 11 is 0. The highest BCUT2D eigenvalue weighted by Gasteiger charge is 2.38. The Morgan fingerprint density at radius 2 is 2.16 bits per heavy atom. The van der Waals surface area contributed by atoms with Crippen LogP contribution >= 0.6 is 0 Å². The van der Waals surface area contributed by atoms with Crippen LogP contribution in [0, 0.1) is 11.8 Å². The molecule has 0 aliphatic carbocycles. The second-order valence-electron chi connectivity index (χ2n) is 5.40. The second kappa shape index (κ2) is 5.03. The molecule has 2 atom stereocenters. The van der Waals surface area contributed by atoms with Gasteiger partial charge in [-0.15, -0.1) is 0 Å². The SMILES string of the molecule is CC(C)c1cc(C(=O)N2C[C@@H](C)[C@H](C(=O)O)C2)on1. The topological polar surface area (TPSA) is 83.6 Å². The van der Waals surface area contributed by atoms with E-state index in [0.29, 0.717) is 6.54 Å². The first-order chi connectivity index (χ1) is 8.90. The standard InChI is InChI=1S/C13H18N2O4/c1-7(2)10-4-11(19-14-10)12(16)15-5-8(3)9(6-15)13(17)18/h4,7-9H,5-6H2,1-3H3,(H,17,18)/t8-,9-/m1/s1. The van der Waals surface area contributed by atoms with Crippen molar-refractivity contribution in [3.8, 4) is 0 Å². The lowest BCUT2D eigenvalue weighted by molar-refractivity contribution is -0.142. The number of likely N-dealkylation sites (tertiary alicyclic amines) is 1. The van der Waals surface area contributed by atoms with Crippen molar-refractivity contribution in [2.75, 3.05) is 13.1 Å². The predicted molar refractivity (Wildman–Crippen MR) is 66.8 cm³/mol. The van der Waals surface area contributed by atoms with Crippen molar-refractivity contribution in [1.82, 2.24) is 10.1 Å². The van der Waals surface area contributed by atoms with E-state index in [1.54, 1.807) is 6.07 Å². The number of carboxylic acids is 1. The predicted octanol–water partition coefficient (Wildman–Crippen LogP) is 1.59. The zero-order valence-corrected chi connectivity index (χ0v) is 11.3. The number of carbonyl (C=O) groups is 2. The van der Waals surface area contributed by atoms with Crippen molar-refractivity contribution in [3.63, 3.8) is 0 Å². The molecule has 0 aromatic carbocycles. The fourth-order valence-corrected chi connectivity index (χ4v) is 2.27. The van der Waals surface area contributed by atoms with Crippen LogP contribution in [0.4, 0.5) is 0 Å². The molecule has 1 amide bonds. The summed E-state index contributed by atoms with van der Waals surface area (Å²) in [6.45, 7) is 6.43. The zero-order valence-electron chi connectivity index (χ0n) is 11.3. The van der Waals surface area contributed by atoms with Gasteiger partial charge >= 0.3 is 5.97 Å². The molecule has 0 saturated carbocycles. The monoisotopic (exact) mass is 266 g/mol. The van der Waals surface area contributed by atoms with Crippen molar-refractivity contribution in [2.24, 2.45) is 11.8 Å². The molecule has 2 rings (SSSR count). The second-order valence-corrected chi connectivity index (χ2v) is 5.40. The van der Waals surface area contributed by atoms with E-state index in [4.69, 9.17) is 9.63 Å². The number of rotatable bonds is 3. The van der Waals surface area contributed by atoms with Crippen LogP contribution in [0.25, 0.3) is 0 Å². The molecule has 0 unspecified atom stereocenters. The summed E-state index contributed by atoms with van der Waals surface area (Å²) in [7, 11) is 0. The summed E-state index contributed by atoms with van der Waals surface area (Å²) in [5.74, 6) is -1.32. The Labute approximate surface area is 111 Å². The minimum atomic E-state index is -0.858. The third-order valence-electron chi connectivity index (χ3n) is 3.55. The Kier molecular flexibility index (Phi) is 3.59. The molecule has 6 heteroatoms. The first kappa shape index (κ1) is 13.6. The van der Waals surface area contributed by atoms with Crippen molar-refractivity contribution in [1.29, 1.82) is 0 Å². The van der Waals surface area contributed by atoms with E-state index in [1.807, 2.05) is 20.8 Å². The maximum Gasteiger partial charge on any atom is 0.308 e. The first-order valence-electron chi connectivity index (χ1n) is 6.38. The number of amides is 1. The Hall–Kier alpha value is -1.85. The lowest BCUT2D eigenvalue weighted by Crippen LogP contribution is -2.29. The summed E-state index contributed by atoms with van der Waals surface area (Å²) in [6.07, 6.45) is 0. The van der Waals surface area contributed by atoms with Gasteiger partial charge in [0.2, 0.25) is 5.76 Å². The molecule has 1 fully saturated rings. The fourth-order valence-electron chi connectivity index (χ4n) is 2.27. The van der Waals surface area contributed by atoms with Crippen LogP contribution in [0.15, 0.2) is 10.6 Å². The Morgan fingerprint density at radius 3 is 2.63 bits per heavy atom. The average Bonchev–Trinajstić information content (AvgIpc) is 2.94. The first-order valence-corrected chi connectivity index (χ1v) is 6.38. The quantitative estimate of drug-likeness (QED) is 0.898. The molecular weight excluding hydrogens is 248 g/mol. The molecule has 19 heavy (non-hydrogen) atoms. The van der Waals surface area contributed by atoms with Crippen LogP contribution in [-0.4, -0.2) is 40.1 Å². The minimum Gasteiger partial charge on any atom is -0.481 e. The van der Waals surface area contributed by atoms with Gasteiger partial charge in [0.1, 0.15) is 0 Å². The summed E-state index contributed by atoms with van der Waals surface area (Å²) in [5, 5.41) is 12.9. The van der Waals surface area contributed by atoms with Crippen LogP contribution in [0.3, 0.4) is 0 Å². The molecule has 0 radical (unpaired) electrons. The number of aliphatic carboxylic acids is 1. The van der Waals surface area contributed by atoms with Crippen molar-refractivity contribution >= 4 is 11.9 Å².